The molecule has 1 aromatic rings. The van der Waals surface area contributed by atoms with Crippen LogP contribution in [0.4, 0.5) is 0 Å². The Morgan fingerprint density at radius 3 is 2.40 bits per heavy atom. The Kier molecular flexibility index (Phi) is 11.6. The van der Waals surface area contributed by atoms with Gasteiger partial charge in [-0.1, -0.05) is 44.2 Å². The number of sulfone groups is 1. The van der Waals surface area contributed by atoms with Crippen LogP contribution in [0.5, 0.6) is 0 Å². The van der Waals surface area contributed by atoms with Crippen LogP contribution in [0.15, 0.2) is 35.3 Å². The first-order valence-corrected chi connectivity index (χ1v) is 12.7. The van der Waals surface area contributed by atoms with Crippen molar-refractivity contribution in [3.05, 3.63) is 35.9 Å². The molecule has 0 unspecified atom stereocenters. The van der Waals surface area contributed by atoms with Crippen LogP contribution >= 0.6 is 24.0 Å². The van der Waals surface area contributed by atoms with E-state index in [-0.39, 0.29) is 35.1 Å². The third kappa shape index (κ3) is 10.9. The number of halogens is 1. The smallest absolute Gasteiger partial charge is 0.191 e. The van der Waals surface area contributed by atoms with Crippen LogP contribution in [0.2, 0.25) is 0 Å². The highest BCUT2D eigenvalue weighted by Crippen LogP contribution is 2.21. The summed E-state index contributed by atoms with van der Waals surface area (Å²) >= 11 is 0. The largest absolute Gasteiger partial charge is 0.357 e. The fraction of sp³-hybridized carbons (Fsp3) is 0.682. The van der Waals surface area contributed by atoms with Crippen LogP contribution in [0.1, 0.15) is 45.6 Å². The van der Waals surface area contributed by atoms with Gasteiger partial charge in [0.2, 0.25) is 0 Å². The molecule has 0 bridgehead atoms. The van der Waals surface area contributed by atoms with Gasteiger partial charge >= 0.3 is 0 Å². The number of nitrogens with one attached hydrogen (secondary N) is 2. The predicted octanol–water partition coefficient (Wildman–Crippen LogP) is 3.29. The summed E-state index contributed by atoms with van der Waals surface area (Å²) in [5.41, 5.74) is 1.22. The lowest BCUT2D eigenvalue weighted by Crippen LogP contribution is -2.48. The molecule has 1 fully saturated rings. The average molecular weight is 551 g/mol. The van der Waals surface area contributed by atoms with Gasteiger partial charge in [0.05, 0.1) is 5.75 Å². The van der Waals surface area contributed by atoms with Gasteiger partial charge in [0.25, 0.3) is 0 Å². The van der Waals surface area contributed by atoms with Crippen LogP contribution in [0.3, 0.4) is 0 Å². The summed E-state index contributed by atoms with van der Waals surface area (Å²) in [6.07, 6.45) is 4.10. The maximum absolute atomic E-state index is 11.5. The average Bonchev–Trinajstić information content (AvgIpc) is 2.67. The minimum absolute atomic E-state index is 0. The van der Waals surface area contributed by atoms with Crippen molar-refractivity contribution in [2.45, 2.75) is 52.6 Å². The molecular formula is C22H39IN4O2S. The van der Waals surface area contributed by atoms with Crippen molar-refractivity contribution in [2.75, 3.05) is 38.2 Å². The van der Waals surface area contributed by atoms with E-state index in [1.807, 2.05) is 0 Å². The quantitative estimate of drug-likeness (QED) is 0.281. The molecule has 1 heterocycles. The Hall–Kier alpha value is -0.870. The predicted molar refractivity (Wildman–Crippen MR) is 137 cm³/mol. The maximum atomic E-state index is 11.5. The van der Waals surface area contributed by atoms with E-state index in [1.165, 1.54) is 11.8 Å². The van der Waals surface area contributed by atoms with Gasteiger partial charge in [-0.2, -0.15) is 0 Å². The number of benzene rings is 1. The van der Waals surface area contributed by atoms with Gasteiger partial charge in [-0.3, -0.25) is 9.89 Å². The Morgan fingerprint density at radius 2 is 1.83 bits per heavy atom. The first kappa shape index (κ1) is 27.2. The van der Waals surface area contributed by atoms with Crippen LogP contribution in [0, 0.1) is 5.41 Å². The van der Waals surface area contributed by atoms with Crippen LogP contribution in [-0.2, 0) is 16.4 Å². The van der Waals surface area contributed by atoms with Gasteiger partial charge in [0, 0.05) is 45.0 Å². The topological polar surface area (TPSA) is 73.8 Å². The van der Waals surface area contributed by atoms with Crippen molar-refractivity contribution in [2.24, 2.45) is 10.4 Å². The number of nitrogens with zero attached hydrogens (tertiary/aromatic N) is 2. The molecule has 0 aliphatic carbocycles. The maximum Gasteiger partial charge on any atom is 0.191 e. The number of guanidine groups is 1. The molecule has 1 saturated heterocycles. The van der Waals surface area contributed by atoms with Crippen LogP contribution in [0.25, 0.3) is 0 Å². The summed E-state index contributed by atoms with van der Waals surface area (Å²) in [5, 5.41) is 6.91. The molecule has 1 aliphatic rings. The Morgan fingerprint density at radius 1 is 1.20 bits per heavy atom. The second-order valence-electron chi connectivity index (χ2n) is 8.92. The molecule has 172 valence electrons. The van der Waals surface area contributed by atoms with Crippen molar-refractivity contribution >= 4 is 39.8 Å². The highest BCUT2D eigenvalue weighted by Gasteiger charge is 2.22. The molecular weight excluding hydrogens is 511 g/mol. The first-order valence-electron chi connectivity index (χ1n) is 10.7. The van der Waals surface area contributed by atoms with E-state index in [9.17, 15) is 8.42 Å². The lowest BCUT2D eigenvalue weighted by atomic mass is 9.90. The molecule has 1 aliphatic heterocycles. The molecule has 8 heteroatoms. The van der Waals surface area contributed by atoms with Crippen molar-refractivity contribution in [1.82, 2.24) is 15.5 Å². The number of hydrogen-bond acceptors (Lipinski definition) is 4. The Balaban J connectivity index is 0.00000450. The Labute approximate surface area is 200 Å². The van der Waals surface area contributed by atoms with Gasteiger partial charge in [0.1, 0.15) is 9.84 Å². The standard InChI is InChI=1S/C22H38N4O2S.HI/c1-5-23-21(24-18-22(2,3)13-16-29(4,27)28)25-20-11-14-26(15-12-20)17-19-9-7-6-8-10-19;/h6-10,20H,5,11-18H2,1-4H3,(H2,23,24,25);1H. The highest BCUT2D eigenvalue weighted by atomic mass is 127. The van der Waals surface area contributed by atoms with E-state index in [0.29, 0.717) is 19.0 Å². The van der Waals surface area contributed by atoms with E-state index in [2.05, 4.69) is 66.6 Å². The van der Waals surface area contributed by atoms with Gasteiger partial charge in [0.15, 0.2) is 5.96 Å². The van der Waals surface area contributed by atoms with Crippen LogP contribution in [-0.4, -0.2) is 63.5 Å². The minimum atomic E-state index is -2.94. The number of aliphatic imine (C=N–C) groups is 1. The Bertz CT molecular complexity index is 746. The molecule has 0 saturated carbocycles. The van der Waals surface area contributed by atoms with Gasteiger partial charge in [-0.25, -0.2) is 8.42 Å². The molecule has 2 rings (SSSR count). The second-order valence-corrected chi connectivity index (χ2v) is 11.2. The lowest BCUT2D eigenvalue weighted by Gasteiger charge is -2.33. The first-order chi connectivity index (χ1) is 13.7. The van der Waals surface area contributed by atoms with Crippen molar-refractivity contribution in [3.63, 3.8) is 0 Å². The van der Waals surface area contributed by atoms with Gasteiger partial charge in [-0.05, 0) is 37.2 Å². The second kappa shape index (κ2) is 12.9. The van der Waals surface area contributed by atoms with Crippen molar-refractivity contribution < 1.29 is 8.42 Å². The zero-order valence-corrected chi connectivity index (χ0v) is 22.0. The molecule has 0 radical (unpaired) electrons. The summed E-state index contributed by atoms with van der Waals surface area (Å²) in [6, 6.07) is 11.0. The molecule has 30 heavy (non-hydrogen) atoms. The zero-order valence-electron chi connectivity index (χ0n) is 18.9. The summed E-state index contributed by atoms with van der Waals surface area (Å²) < 4.78 is 22.9. The molecule has 0 aromatic heterocycles. The van der Waals surface area contributed by atoms with Crippen LogP contribution < -0.4 is 10.6 Å². The van der Waals surface area contributed by atoms with E-state index < -0.39 is 9.84 Å². The number of piperidine rings is 1. The number of hydrogen-bond donors (Lipinski definition) is 2. The molecule has 0 spiro atoms. The van der Waals surface area contributed by atoms with Crippen molar-refractivity contribution in [1.29, 1.82) is 0 Å². The highest BCUT2D eigenvalue weighted by molar-refractivity contribution is 14.0. The van der Waals surface area contributed by atoms with E-state index in [4.69, 9.17) is 4.99 Å². The summed E-state index contributed by atoms with van der Waals surface area (Å²) in [5.74, 6) is 1.04. The summed E-state index contributed by atoms with van der Waals surface area (Å²) in [6.45, 7) is 10.8. The zero-order chi connectivity index (χ0) is 21.3. The molecule has 2 N–H and O–H groups in total. The molecule has 0 atom stereocenters. The minimum Gasteiger partial charge on any atom is -0.357 e. The van der Waals surface area contributed by atoms with Gasteiger partial charge in [-0.15, -0.1) is 24.0 Å². The SMILES string of the molecule is CCNC(=NCC(C)(C)CCS(C)(=O)=O)NC1CCN(Cc2ccccc2)CC1.I. The molecule has 1 aromatic carbocycles. The number of rotatable bonds is 9. The lowest BCUT2D eigenvalue weighted by molar-refractivity contribution is 0.198. The summed E-state index contributed by atoms with van der Waals surface area (Å²) in [7, 11) is -2.94. The van der Waals surface area contributed by atoms with E-state index in [0.717, 1.165) is 45.0 Å². The number of likely N-dealkylation sites (tertiary alicyclic amines) is 1. The molecule has 6 nitrogen and oxygen atoms in total. The third-order valence-electron chi connectivity index (χ3n) is 5.34. The third-order valence-corrected chi connectivity index (χ3v) is 6.28. The fourth-order valence-corrected chi connectivity index (χ4v) is 4.35. The van der Waals surface area contributed by atoms with Gasteiger partial charge < -0.3 is 10.6 Å². The monoisotopic (exact) mass is 550 g/mol. The fourth-order valence-electron chi connectivity index (χ4n) is 3.42. The van der Waals surface area contributed by atoms with E-state index >= 15 is 0 Å². The summed E-state index contributed by atoms with van der Waals surface area (Å²) in [4.78, 5) is 7.26. The van der Waals surface area contributed by atoms with E-state index in [1.54, 1.807) is 0 Å². The molecule has 0 amide bonds. The van der Waals surface area contributed by atoms with Crippen molar-refractivity contribution in [3.8, 4) is 0 Å². The normalized spacial score (nSPS) is 16.7.